The van der Waals surface area contributed by atoms with Crippen molar-refractivity contribution in [1.82, 2.24) is 4.90 Å². The van der Waals surface area contributed by atoms with E-state index in [0.717, 1.165) is 5.69 Å². The highest BCUT2D eigenvalue weighted by Gasteiger charge is 2.45. The number of rotatable bonds is 3. The molecule has 4 nitrogen and oxygen atoms in total. The summed E-state index contributed by atoms with van der Waals surface area (Å²) in [5.74, 6) is 0. The van der Waals surface area contributed by atoms with Crippen molar-refractivity contribution in [3.8, 4) is 0 Å². The molecule has 1 atom stereocenters. The van der Waals surface area contributed by atoms with Gasteiger partial charge >= 0.3 is 6.03 Å². The molecule has 0 aromatic heterocycles. The van der Waals surface area contributed by atoms with Crippen LogP contribution in [-0.4, -0.2) is 34.3 Å². The van der Waals surface area contributed by atoms with E-state index in [1.807, 2.05) is 37.3 Å². The van der Waals surface area contributed by atoms with E-state index in [-0.39, 0.29) is 12.1 Å². The van der Waals surface area contributed by atoms with Crippen LogP contribution in [0.25, 0.3) is 0 Å². The van der Waals surface area contributed by atoms with Crippen molar-refractivity contribution in [2.24, 2.45) is 0 Å². The standard InChI is InChI=1S/C14H17ClN2O2/c1-10-9-16(14(2,3)12(15)18)13(19)17(10)11-7-5-4-6-8-11/h4-8,10H,9H2,1-3H3. The molecule has 1 heterocycles. The van der Waals surface area contributed by atoms with Gasteiger partial charge in [0.05, 0.1) is 6.04 Å². The number of anilines is 1. The van der Waals surface area contributed by atoms with Crippen LogP contribution in [0.1, 0.15) is 20.8 Å². The number of nitrogens with zero attached hydrogens (tertiary/aromatic N) is 2. The highest BCUT2D eigenvalue weighted by atomic mass is 35.5. The second kappa shape index (κ2) is 4.85. The van der Waals surface area contributed by atoms with E-state index in [2.05, 4.69) is 0 Å². The Balaban J connectivity index is 2.32. The normalized spacial score (nSPS) is 20.0. The third-order valence-electron chi connectivity index (χ3n) is 3.51. The maximum absolute atomic E-state index is 12.5. The summed E-state index contributed by atoms with van der Waals surface area (Å²) in [5, 5.41) is -0.525. The number of carbonyl (C=O) groups is 2. The Morgan fingerprint density at radius 2 is 1.89 bits per heavy atom. The first kappa shape index (κ1) is 13.9. The van der Waals surface area contributed by atoms with E-state index in [1.165, 1.54) is 4.90 Å². The summed E-state index contributed by atoms with van der Waals surface area (Å²) in [7, 11) is 0. The summed E-state index contributed by atoms with van der Waals surface area (Å²) in [6, 6.07) is 9.26. The fraction of sp³-hybridized carbons (Fsp3) is 0.429. The molecule has 1 aliphatic rings. The summed E-state index contributed by atoms with van der Waals surface area (Å²) in [6.45, 7) is 5.78. The van der Waals surface area contributed by atoms with Gasteiger partial charge in [-0.25, -0.2) is 4.79 Å². The van der Waals surface area contributed by atoms with Gasteiger partial charge in [-0.1, -0.05) is 18.2 Å². The Morgan fingerprint density at radius 1 is 1.32 bits per heavy atom. The van der Waals surface area contributed by atoms with Crippen LogP contribution < -0.4 is 4.90 Å². The molecular weight excluding hydrogens is 264 g/mol. The molecule has 0 N–H and O–H groups in total. The maximum Gasteiger partial charge on any atom is 0.325 e. The summed E-state index contributed by atoms with van der Waals surface area (Å²) in [6.07, 6.45) is 0. The average Bonchev–Trinajstić information content (AvgIpc) is 2.66. The van der Waals surface area contributed by atoms with Gasteiger partial charge in [0.25, 0.3) is 0 Å². The van der Waals surface area contributed by atoms with Crippen molar-refractivity contribution in [3.63, 3.8) is 0 Å². The van der Waals surface area contributed by atoms with Crippen LogP contribution in [0.4, 0.5) is 10.5 Å². The molecule has 1 aromatic rings. The van der Waals surface area contributed by atoms with Gasteiger partial charge in [-0.15, -0.1) is 0 Å². The molecule has 1 aromatic carbocycles. The van der Waals surface area contributed by atoms with Gasteiger partial charge in [-0.3, -0.25) is 9.69 Å². The van der Waals surface area contributed by atoms with E-state index >= 15 is 0 Å². The van der Waals surface area contributed by atoms with Crippen molar-refractivity contribution in [2.75, 3.05) is 11.4 Å². The van der Waals surface area contributed by atoms with Gasteiger partial charge in [0, 0.05) is 12.2 Å². The lowest BCUT2D eigenvalue weighted by molar-refractivity contribution is -0.119. The summed E-state index contributed by atoms with van der Waals surface area (Å²) in [5.41, 5.74) is -0.156. The van der Waals surface area contributed by atoms with E-state index < -0.39 is 10.8 Å². The Morgan fingerprint density at radius 3 is 2.42 bits per heavy atom. The zero-order valence-electron chi connectivity index (χ0n) is 11.3. The van der Waals surface area contributed by atoms with E-state index in [4.69, 9.17) is 11.6 Å². The number of hydrogen-bond donors (Lipinski definition) is 0. The largest absolute Gasteiger partial charge is 0.325 e. The lowest BCUT2D eigenvalue weighted by Crippen LogP contribution is -2.50. The SMILES string of the molecule is CC1CN(C(C)(C)C(=O)Cl)C(=O)N1c1ccccc1. The fourth-order valence-corrected chi connectivity index (χ4v) is 2.37. The second-order valence-electron chi connectivity index (χ2n) is 5.28. The first-order chi connectivity index (χ1) is 8.85. The number of urea groups is 1. The van der Waals surface area contributed by atoms with Crippen LogP contribution in [-0.2, 0) is 4.79 Å². The molecule has 102 valence electrons. The van der Waals surface area contributed by atoms with Crippen LogP contribution in [0.2, 0.25) is 0 Å². The molecule has 2 rings (SSSR count). The number of hydrogen-bond acceptors (Lipinski definition) is 2. The van der Waals surface area contributed by atoms with Gasteiger partial charge in [-0.05, 0) is 44.5 Å². The summed E-state index contributed by atoms with van der Waals surface area (Å²) in [4.78, 5) is 27.2. The van der Waals surface area contributed by atoms with Crippen LogP contribution in [0.3, 0.4) is 0 Å². The number of amides is 2. The Hall–Kier alpha value is -1.55. The third-order valence-corrected chi connectivity index (χ3v) is 3.98. The van der Waals surface area contributed by atoms with Crippen LogP contribution in [0.5, 0.6) is 0 Å². The molecule has 0 saturated carbocycles. The molecule has 5 heteroatoms. The van der Waals surface area contributed by atoms with Crippen molar-refractivity contribution >= 4 is 28.6 Å². The zero-order valence-corrected chi connectivity index (χ0v) is 12.0. The molecular formula is C14H17ClN2O2. The van der Waals surface area contributed by atoms with Crippen molar-refractivity contribution in [2.45, 2.75) is 32.4 Å². The molecule has 1 fully saturated rings. The monoisotopic (exact) mass is 280 g/mol. The minimum atomic E-state index is -0.990. The second-order valence-corrected chi connectivity index (χ2v) is 5.62. The lowest BCUT2D eigenvalue weighted by atomic mass is 10.1. The fourth-order valence-electron chi connectivity index (χ4n) is 2.27. The minimum absolute atomic E-state index is 0.00481. The van der Waals surface area contributed by atoms with Gasteiger partial charge in [0.2, 0.25) is 5.24 Å². The molecule has 19 heavy (non-hydrogen) atoms. The predicted molar refractivity (Wildman–Crippen MR) is 75.4 cm³/mol. The predicted octanol–water partition coefficient (Wildman–Crippen LogP) is 2.86. The van der Waals surface area contributed by atoms with Gasteiger partial charge in [-0.2, -0.15) is 0 Å². The minimum Gasteiger partial charge on any atom is -0.309 e. The van der Waals surface area contributed by atoms with E-state index in [9.17, 15) is 9.59 Å². The van der Waals surface area contributed by atoms with Gasteiger partial charge in [0.15, 0.2) is 0 Å². The quantitative estimate of drug-likeness (QED) is 0.799. The molecule has 1 unspecified atom stereocenters. The first-order valence-corrected chi connectivity index (χ1v) is 6.59. The third kappa shape index (κ3) is 2.32. The van der Waals surface area contributed by atoms with Gasteiger partial charge < -0.3 is 4.90 Å². The molecule has 2 amide bonds. The Labute approximate surface area is 117 Å². The van der Waals surface area contributed by atoms with Crippen LogP contribution >= 0.6 is 11.6 Å². The van der Waals surface area contributed by atoms with Crippen molar-refractivity contribution in [3.05, 3.63) is 30.3 Å². The smallest absolute Gasteiger partial charge is 0.309 e. The van der Waals surface area contributed by atoms with E-state index in [0.29, 0.717) is 6.54 Å². The maximum atomic E-state index is 12.5. The number of benzene rings is 1. The molecule has 1 aliphatic heterocycles. The average molecular weight is 281 g/mol. The van der Waals surface area contributed by atoms with Crippen molar-refractivity contribution < 1.29 is 9.59 Å². The molecule has 0 bridgehead atoms. The Bertz CT molecular complexity index is 501. The lowest BCUT2D eigenvalue weighted by Gasteiger charge is -2.31. The number of para-hydroxylation sites is 1. The molecule has 0 spiro atoms. The van der Waals surface area contributed by atoms with Crippen LogP contribution in [0.15, 0.2) is 30.3 Å². The summed E-state index contributed by atoms with van der Waals surface area (Å²) < 4.78 is 0. The Kier molecular flexibility index (Phi) is 3.54. The highest BCUT2D eigenvalue weighted by Crippen LogP contribution is 2.30. The summed E-state index contributed by atoms with van der Waals surface area (Å²) >= 11 is 5.60. The zero-order chi connectivity index (χ0) is 14.2. The van der Waals surface area contributed by atoms with Gasteiger partial charge in [0.1, 0.15) is 5.54 Å². The first-order valence-electron chi connectivity index (χ1n) is 6.21. The molecule has 1 saturated heterocycles. The number of carbonyl (C=O) groups excluding carboxylic acids is 2. The van der Waals surface area contributed by atoms with Crippen molar-refractivity contribution in [1.29, 1.82) is 0 Å². The molecule has 0 aliphatic carbocycles. The highest BCUT2D eigenvalue weighted by molar-refractivity contribution is 6.65. The molecule has 0 radical (unpaired) electrons. The van der Waals surface area contributed by atoms with E-state index in [1.54, 1.807) is 18.7 Å². The number of halogens is 1. The van der Waals surface area contributed by atoms with Crippen LogP contribution in [0, 0.1) is 0 Å². The topological polar surface area (TPSA) is 40.6 Å².